The number of rotatable bonds is 8. The molecule has 1 fully saturated rings. The summed E-state index contributed by atoms with van der Waals surface area (Å²) in [6.45, 7) is 6.27. The zero-order valence-corrected chi connectivity index (χ0v) is 13.7. The zero-order chi connectivity index (χ0) is 14.9. The minimum absolute atomic E-state index is 0.0121. The molecule has 3 rings (SSSR count). The van der Waals surface area contributed by atoms with Gasteiger partial charge in [-0.1, -0.05) is 13.8 Å². The molecule has 0 bridgehead atoms. The van der Waals surface area contributed by atoms with Crippen molar-refractivity contribution in [3.05, 3.63) is 23.0 Å². The van der Waals surface area contributed by atoms with Gasteiger partial charge in [0.1, 0.15) is 0 Å². The van der Waals surface area contributed by atoms with E-state index in [0.717, 1.165) is 30.9 Å². The van der Waals surface area contributed by atoms with Crippen molar-refractivity contribution in [3.8, 4) is 0 Å². The fourth-order valence-electron chi connectivity index (χ4n) is 2.93. The number of hydrogen-bond acceptors (Lipinski definition) is 4. The number of aliphatic hydroxyl groups excluding tert-OH is 1. The first kappa shape index (κ1) is 15.0. The molecule has 0 amide bonds. The summed E-state index contributed by atoms with van der Waals surface area (Å²) in [5.74, 6) is 0.675. The summed E-state index contributed by atoms with van der Waals surface area (Å²) in [5, 5.41) is 15.3. The summed E-state index contributed by atoms with van der Waals surface area (Å²) in [7, 11) is 0. The van der Waals surface area contributed by atoms with Crippen molar-refractivity contribution >= 4 is 16.3 Å². The molecule has 2 N–H and O–H groups in total. The van der Waals surface area contributed by atoms with E-state index in [1.807, 2.05) is 0 Å². The fraction of sp³-hybridized carbons (Fsp3) is 0.688. The molecule has 0 saturated heterocycles. The largest absolute Gasteiger partial charge is 0.396 e. The van der Waals surface area contributed by atoms with E-state index in [-0.39, 0.29) is 12.0 Å². The highest BCUT2D eigenvalue weighted by atomic mass is 32.1. The van der Waals surface area contributed by atoms with Gasteiger partial charge >= 0.3 is 0 Å². The zero-order valence-electron chi connectivity index (χ0n) is 12.9. The van der Waals surface area contributed by atoms with Gasteiger partial charge < -0.3 is 10.4 Å². The van der Waals surface area contributed by atoms with Crippen molar-refractivity contribution in [1.29, 1.82) is 0 Å². The highest BCUT2D eigenvalue weighted by Gasteiger charge is 2.30. The predicted molar refractivity (Wildman–Crippen MR) is 86.9 cm³/mol. The summed E-state index contributed by atoms with van der Waals surface area (Å²) in [6.07, 6.45) is 6.69. The van der Waals surface area contributed by atoms with Crippen molar-refractivity contribution < 1.29 is 5.11 Å². The Hall–Kier alpha value is -0.910. The van der Waals surface area contributed by atoms with Crippen LogP contribution in [0.2, 0.25) is 0 Å². The third-order valence-corrected chi connectivity index (χ3v) is 5.74. The molecule has 0 atom stereocenters. The molecule has 0 radical (unpaired) electrons. The van der Waals surface area contributed by atoms with Gasteiger partial charge in [-0.25, -0.2) is 4.98 Å². The second-order valence-corrected chi connectivity index (χ2v) is 7.12. The van der Waals surface area contributed by atoms with Crippen molar-refractivity contribution in [1.82, 2.24) is 14.7 Å². The number of fused-ring (bicyclic) bond motifs is 1. The van der Waals surface area contributed by atoms with Gasteiger partial charge in [-0.3, -0.25) is 4.40 Å². The molecule has 2 aromatic heterocycles. The van der Waals surface area contributed by atoms with E-state index in [1.54, 1.807) is 11.3 Å². The fourth-order valence-corrected chi connectivity index (χ4v) is 3.67. The Balaban J connectivity index is 1.72. The van der Waals surface area contributed by atoms with Gasteiger partial charge in [0.25, 0.3) is 0 Å². The standard InChI is InChI=1S/C16H25N3OS/c1-3-16(4-2,11-20)10-17-9-13-14(12-5-6-12)18-15-19(13)7-8-21-15/h7-8,12,17,20H,3-6,9-11H2,1-2H3. The van der Waals surface area contributed by atoms with Crippen LogP contribution in [0.15, 0.2) is 11.6 Å². The van der Waals surface area contributed by atoms with Gasteiger partial charge in [-0.15, -0.1) is 11.3 Å². The Bertz CT molecular complexity index is 587. The first-order valence-corrected chi connectivity index (χ1v) is 8.87. The van der Waals surface area contributed by atoms with Crippen LogP contribution in [0.25, 0.3) is 4.96 Å². The number of nitrogens with one attached hydrogen (secondary N) is 1. The van der Waals surface area contributed by atoms with Gasteiger partial charge in [0.05, 0.1) is 11.4 Å². The van der Waals surface area contributed by atoms with E-state index < -0.39 is 0 Å². The van der Waals surface area contributed by atoms with Gasteiger partial charge in [-0.2, -0.15) is 0 Å². The highest BCUT2D eigenvalue weighted by molar-refractivity contribution is 7.15. The van der Waals surface area contributed by atoms with E-state index >= 15 is 0 Å². The molecule has 21 heavy (non-hydrogen) atoms. The summed E-state index contributed by atoms with van der Waals surface area (Å²) in [5.41, 5.74) is 2.61. The lowest BCUT2D eigenvalue weighted by atomic mass is 9.83. The lowest BCUT2D eigenvalue weighted by molar-refractivity contribution is 0.113. The molecule has 0 aliphatic heterocycles. The molecule has 0 aromatic carbocycles. The van der Waals surface area contributed by atoms with E-state index in [4.69, 9.17) is 4.98 Å². The van der Waals surface area contributed by atoms with Gasteiger partial charge in [0.15, 0.2) is 4.96 Å². The molecular formula is C16H25N3OS. The maximum atomic E-state index is 9.67. The van der Waals surface area contributed by atoms with E-state index in [9.17, 15) is 5.11 Å². The van der Waals surface area contributed by atoms with Crippen LogP contribution >= 0.6 is 11.3 Å². The molecule has 2 aromatic rings. The molecule has 5 heteroatoms. The van der Waals surface area contributed by atoms with Gasteiger partial charge in [0, 0.05) is 42.6 Å². The first-order chi connectivity index (χ1) is 10.2. The Morgan fingerprint density at radius 2 is 2.19 bits per heavy atom. The molecule has 4 nitrogen and oxygen atoms in total. The predicted octanol–water partition coefficient (Wildman–Crippen LogP) is 3.16. The summed E-state index contributed by atoms with van der Waals surface area (Å²) < 4.78 is 2.23. The van der Waals surface area contributed by atoms with Crippen molar-refractivity contribution in [2.45, 2.75) is 52.0 Å². The van der Waals surface area contributed by atoms with Gasteiger partial charge in [-0.05, 0) is 25.7 Å². The van der Waals surface area contributed by atoms with Crippen LogP contribution in [-0.4, -0.2) is 27.6 Å². The average Bonchev–Trinajstić information content (AvgIpc) is 3.16. The summed E-state index contributed by atoms with van der Waals surface area (Å²) in [4.78, 5) is 5.91. The number of aliphatic hydroxyl groups is 1. The lowest BCUT2D eigenvalue weighted by Gasteiger charge is -2.29. The first-order valence-electron chi connectivity index (χ1n) is 7.99. The highest BCUT2D eigenvalue weighted by Crippen LogP contribution is 2.41. The van der Waals surface area contributed by atoms with Crippen LogP contribution in [0.4, 0.5) is 0 Å². The third-order valence-electron chi connectivity index (χ3n) is 4.98. The average molecular weight is 307 g/mol. The quantitative estimate of drug-likeness (QED) is 0.787. The lowest BCUT2D eigenvalue weighted by Crippen LogP contribution is -2.36. The Morgan fingerprint density at radius 3 is 2.81 bits per heavy atom. The minimum atomic E-state index is 0.0121. The maximum Gasteiger partial charge on any atom is 0.194 e. The monoisotopic (exact) mass is 307 g/mol. The molecule has 116 valence electrons. The van der Waals surface area contributed by atoms with Crippen LogP contribution in [0, 0.1) is 5.41 Å². The van der Waals surface area contributed by atoms with Crippen LogP contribution in [0.5, 0.6) is 0 Å². The Labute approximate surface area is 130 Å². The molecule has 1 aliphatic carbocycles. The maximum absolute atomic E-state index is 9.67. The van der Waals surface area contributed by atoms with Crippen LogP contribution in [0.1, 0.15) is 56.8 Å². The molecule has 1 saturated carbocycles. The second kappa shape index (κ2) is 6.07. The minimum Gasteiger partial charge on any atom is -0.396 e. The second-order valence-electron chi connectivity index (χ2n) is 6.24. The van der Waals surface area contributed by atoms with Crippen LogP contribution in [0.3, 0.4) is 0 Å². The van der Waals surface area contributed by atoms with E-state index in [0.29, 0.717) is 5.92 Å². The summed E-state index contributed by atoms with van der Waals surface area (Å²) in [6, 6.07) is 0. The number of hydrogen-bond donors (Lipinski definition) is 2. The van der Waals surface area contributed by atoms with Crippen LogP contribution in [-0.2, 0) is 6.54 Å². The number of imidazole rings is 1. The van der Waals surface area contributed by atoms with Crippen molar-refractivity contribution in [3.63, 3.8) is 0 Å². The Morgan fingerprint density at radius 1 is 1.43 bits per heavy atom. The number of aromatic nitrogens is 2. The van der Waals surface area contributed by atoms with Crippen molar-refractivity contribution in [2.75, 3.05) is 13.2 Å². The molecular weight excluding hydrogens is 282 g/mol. The molecule has 1 aliphatic rings. The third kappa shape index (κ3) is 2.87. The van der Waals surface area contributed by atoms with Gasteiger partial charge in [0.2, 0.25) is 0 Å². The van der Waals surface area contributed by atoms with Crippen LogP contribution < -0.4 is 5.32 Å². The molecule has 0 unspecified atom stereocenters. The van der Waals surface area contributed by atoms with E-state index in [1.165, 1.54) is 24.2 Å². The molecule has 2 heterocycles. The van der Waals surface area contributed by atoms with E-state index in [2.05, 4.69) is 35.1 Å². The SMILES string of the molecule is CCC(CC)(CO)CNCc1c(C2CC2)nc2sccn12. The smallest absolute Gasteiger partial charge is 0.194 e. The number of thiazole rings is 1. The Kier molecular flexibility index (Phi) is 4.33. The number of nitrogens with zero attached hydrogens (tertiary/aromatic N) is 2. The topological polar surface area (TPSA) is 49.6 Å². The normalized spacial score (nSPS) is 16.0. The molecule has 0 spiro atoms. The summed E-state index contributed by atoms with van der Waals surface area (Å²) >= 11 is 1.70. The van der Waals surface area contributed by atoms with Crippen molar-refractivity contribution in [2.24, 2.45) is 5.41 Å².